The molecule has 0 spiro atoms. The van der Waals surface area contributed by atoms with Crippen LogP contribution in [0, 0.1) is 0 Å². The van der Waals surface area contributed by atoms with Crippen LogP contribution in [0.4, 0.5) is 0 Å². The van der Waals surface area contributed by atoms with Crippen molar-refractivity contribution in [3.63, 3.8) is 0 Å². The van der Waals surface area contributed by atoms with Crippen LogP contribution < -0.4 is 0 Å². The van der Waals surface area contributed by atoms with E-state index in [0.29, 0.717) is 0 Å². The summed E-state index contributed by atoms with van der Waals surface area (Å²) < 4.78 is 0. The van der Waals surface area contributed by atoms with E-state index in [4.69, 9.17) is 0 Å². The maximum absolute atomic E-state index is 3.78. The van der Waals surface area contributed by atoms with Gasteiger partial charge in [0.05, 0.1) is 0 Å². The molecular formula is C5H7CuNSZn. The SMILES string of the molecule is S.[Cu].[Zn].c1ccncc1. The van der Waals surface area contributed by atoms with E-state index in [9.17, 15) is 0 Å². The zero-order valence-electron chi connectivity index (χ0n) is 4.84. The molecule has 1 aromatic rings. The van der Waals surface area contributed by atoms with Crippen molar-refractivity contribution in [1.82, 2.24) is 4.98 Å². The predicted molar refractivity (Wildman–Crippen MR) is 34.6 cm³/mol. The monoisotopic (exact) mass is 240 g/mol. The minimum atomic E-state index is 0. The van der Waals surface area contributed by atoms with Gasteiger partial charge in [-0.25, -0.2) is 0 Å². The smallest absolute Gasteiger partial charge is 0.0267 e. The summed E-state index contributed by atoms with van der Waals surface area (Å²) in [4.78, 5) is 3.78. The number of hydrogen-bond acceptors (Lipinski definition) is 1. The van der Waals surface area contributed by atoms with E-state index in [0.717, 1.165) is 0 Å². The first-order chi connectivity index (χ1) is 3.00. The second-order valence-electron chi connectivity index (χ2n) is 1.02. The number of hydrogen-bond donors (Lipinski definition) is 0. The van der Waals surface area contributed by atoms with Crippen LogP contribution in [0.1, 0.15) is 0 Å². The van der Waals surface area contributed by atoms with Gasteiger partial charge in [0.1, 0.15) is 0 Å². The Morgan fingerprint density at radius 3 is 1.44 bits per heavy atom. The van der Waals surface area contributed by atoms with Crippen LogP contribution in [0.15, 0.2) is 30.6 Å². The fourth-order valence-electron chi connectivity index (χ4n) is 0.313. The molecule has 0 saturated carbocycles. The van der Waals surface area contributed by atoms with Crippen LogP contribution >= 0.6 is 13.5 Å². The zero-order chi connectivity index (χ0) is 4.24. The molecule has 0 unspecified atom stereocenters. The fourth-order valence-corrected chi connectivity index (χ4v) is 0.313. The van der Waals surface area contributed by atoms with E-state index in [2.05, 4.69) is 4.98 Å². The van der Waals surface area contributed by atoms with Crippen molar-refractivity contribution in [2.75, 3.05) is 0 Å². The maximum Gasteiger partial charge on any atom is 0.0267 e. The molecule has 1 nitrogen and oxygen atoms in total. The van der Waals surface area contributed by atoms with Gasteiger partial charge in [-0.3, -0.25) is 4.98 Å². The largest absolute Gasteiger partial charge is 0.265 e. The first-order valence-corrected chi connectivity index (χ1v) is 1.85. The summed E-state index contributed by atoms with van der Waals surface area (Å²) in [7, 11) is 0. The van der Waals surface area contributed by atoms with Crippen LogP contribution in [0.25, 0.3) is 0 Å². The minimum absolute atomic E-state index is 0. The summed E-state index contributed by atoms with van der Waals surface area (Å²) in [5.74, 6) is 0. The Bertz CT molecular complexity index is 88.9. The van der Waals surface area contributed by atoms with Gasteiger partial charge in [0.25, 0.3) is 0 Å². The van der Waals surface area contributed by atoms with Crippen molar-refractivity contribution in [3.05, 3.63) is 30.6 Å². The summed E-state index contributed by atoms with van der Waals surface area (Å²) in [6.07, 6.45) is 3.50. The second-order valence-corrected chi connectivity index (χ2v) is 1.02. The van der Waals surface area contributed by atoms with E-state index in [1.807, 2.05) is 18.2 Å². The molecule has 0 bridgehead atoms. The summed E-state index contributed by atoms with van der Waals surface area (Å²) in [6.45, 7) is 0. The Labute approximate surface area is 85.3 Å². The third-order valence-electron chi connectivity index (χ3n) is 0.566. The molecule has 1 heterocycles. The minimum Gasteiger partial charge on any atom is -0.265 e. The third-order valence-corrected chi connectivity index (χ3v) is 0.566. The Kier molecular flexibility index (Phi) is 20.8. The molecule has 51 valence electrons. The fraction of sp³-hybridized carbons (Fsp3) is 0. The van der Waals surface area contributed by atoms with Gasteiger partial charge in [0.2, 0.25) is 0 Å². The molecule has 0 aliphatic rings. The van der Waals surface area contributed by atoms with Crippen molar-refractivity contribution in [3.8, 4) is 0 Å². The van der Waals surface area contributed by atoms with Gasteiger partial charge in [0.15, 0.2) is 0 Å². The molecule has 0 atom stereocenters. The van der Waals surface area contributed by atoms with Gasteiger partial charge in [-0.1, -0.05) is 6.07 Å². The number of nitrogens with zero attached hydrogens (tertiary/aromatic N) is 1. The van der Waals surface area contributed by atoms with E-state index in [1.54, 1.807) is 12.4 Å². The topological polar surface area (TPSA) is 12.9 Å². The van der Waals surface area contributed by atoms with Crippen LogP contribution in [0.5, 0.6) is 0 Å². The normalized spacial score (nSPS) is 5.33. The Balaban J connectivity index is -0.000000120. The molecule has 1 aromatic heterocycles. The van der Waals surface area contributed by atoms with E-state index < -0.39 is 0 Å². The predicted octanol–water partition coefficient (Wildman–Crippen LogP) is 1.19. The second kappa shape index (κ2) is 11.4. The molecular weight excluding hydrogens is 235 g/mol. The van der Waals surface area contributed by atoms with E-state index in [-0.39, 0.29) is 50.0 Å². The van der Waals surface area contributed by atoms with Gasteiger partial charge in [-0.2, -0.15) is 13.5 Å². The van der Waals surface area contributed by atoms with Crippen LogP contribution in [0.3, 0.4) is 0 Å². The summed E-state index contributed by atoms with van der Waals surface area (Å²) in [6, 6.07) is 5.72. The number of pyridine rings is 1. The van der Waals surface area contributed by atoms with E-state index >= 15 is 0 Å². The molecule has 1 radical (unpaired) electrons. The Morgan fingerprint density at radius 1 is 0.889 bits per heavy atom. The summed E-state index contributed by atoms with van der Waals surface area (Å²) >= 11 is 0. The third kappa shape index (κ3) is 8.64. The molecule has 0 N–H and O–H groups in total. The van der Waals surface area contributed by atoms with Crippen molar-refractivity contribution in [1.29, 1.82) is 0 Å². The molecule has 0 aliphatic carbocycles. The quantitative estimate of drug-likeness (QED) is 0.623. The van der Waals surface area contributed by atoms with Crippen LogP contribution in [0.2, 0.25) is 0 Å². The first-order valence-electron chi connectivity index (χ1n) is 1.85. The first kappa shape index (κ1) is 16.3. The van der Waals surface area contributed by atoms with Gasteiger partial charge in [0, 0.05) is 48.9 Å². The Hall–Kier alpha value is 0.643. The Morgan fingerprint density at radius 2 is 1.33 bits per heavy atom. The van der Waals surface area contributed by atoms with Crippen LogP contribution in [-0.2, 0) is 36.5 Å². The molecule has 0 aromatic carbocycles. The van der Waals surface area contributed by atoms with Crippen molar-refractivity contribution in [2.45, 2.75) is 0 Å². The number of rotatable bonds is 0. The molecule has 1 rings (SSSR count). The van der Waals surface area contributed by atoms with E-state index in [1.165, 1.54) is 0 Å². The standard InChI is InChI=1S/C5H5N.Cu.H2S.Zn/c1-2-4-6-5-3-1;;;/h1-5H;;1H2;. The van der Waals surface area contributed by atoms with Gasteiger partial charge in [-0.05, 0) is 12.1 Å². The van der Waals surface area contributed by atoms with Crippen LogP contribution in [-0.4, -0.2) is 4.98 Å². The van der Waals surface area contributed by atoms with Crippen molar-refractivity contribution in [2.24, 2.45) is 0 Å². The molecule has 0 aliphatic heterocycles. The molecule has 4 heteroatoms. The molecule has 0 amide bonds. The maximum atomic E-state index is 3.78. The summed E-state index contributed by atoms with van der Waals surface area (Å²) in [5, 5.41) is 0. The van der Waals surface area contributed by atoms with Gasteiger partial charge >= 0.3 is 0 Å². The zero-order valence-corrected chi connectivity index (χ0v) is 9.75. The average molecular weight is 242 g/mol. The molecule has 0 saturated heterocycles. The van der Waals surface area contributed by atoms with Gasteiger partial charge in [-0.15, -0.1) is 0 Å². The number of aromatic nitrogens is 1. The summed E-state index contributed by atoms with van der Waals surface area (Å²) in [5.41, 5.74) is 0. The average Bonchev–Trinajstić information content (AvgIpc) is 1.72. The molecule has 9 heavy (non-hydrogen) atoms. The van der Waals surface area contributed by atoms with Crippen molar-refractivity contribution < 1.29 is 36.5 Å². The van der Waals surface area contributed by atoms with Gasteiger partial charge < -0.3 is 0 Å². The van der Waals surface area contributed by atoms with Crippen molar-refractivity contribution >= 4 is 13.5 Å². The molecule has 0 fully saturated rings.